The van der Waals surface area contributed by atoms with Crippen LogP contribution in [-0.2, 0) is 15.6 Å². The van der Waals surface area contributed by atoms with Crippen molar-refractivity contribution in [3.8, 4) is 0 Å². The van der Waals surface area contributed by atoms with E-state index in [1.165, 1.54) is 4.90 Å². The molecular formula is C21H32BrNO4Si. The highest BCUT2D eigenvalue weighted by Crippen LogP contribution is 2.42. The van der Waals surface area contributed by atoms with Gasteiger partial charge in [0, 0.05) is 23.7 Å². The standard InChI is InChI=1S/C21H32BrNO4Si/c1-7-18(24)21(12-15-8-10-16(22)11-9-15)13-17(14-23(21)19(25)26)27-28(5,6)20(2,3)4/h8-11,17H,7,12-14H2,1-6H3,(H,25,26)/t17-,21?/m1/s1. The molecule has 1 heterocycles. The van der Waals surface area contributed by atoms with E-state index in [4.69, 9.17) is 4.43 Å². The van der Waals surface area contributed by atoms with Crippen molar-refractivity contribution in [1.29, 1.82) is 0 Å². The van der Waals surface area contributed by atoms with Crippen molar-refractivity contribution in [2.24, 2.45) is 0 Å². The summed E-state index contributed by atoms with van der Waals surface area (Å²) in [5.74, 6) is -0.0425. The van der Waals surface area contributed by atoms with Crippen LogP contribution in [0.25, 0.3) is 0 Å². The van der Waals surface area contributed by atoms with Gasteiger partial charge >= 0.3 is 6.09 Å². The van der Waals surface area contributed by atoms with E-state index >= 15 is 0 Å². The lowest BCUT2D eigenvalue weighted by molar-refractivity contribution is -0.128. The normalized spacial score (nSPS) is 23.1. The Morgan fingerprint density at radius 2 is 1.86 bits per heavy atom. The third kappa shape index (κ3) is 4.68. The van der Waals surface area contributed by atoms with Crippen molar-refractivity contribution in [1.82, 2.24) is 4.90 Å². The number of nitrogens with zero attached hydrogens (tertiary/aromatic N) is 1. The lowest BCUT2D eigenvalue weighted by Gasteiger charge is -2.38. The molecule has 2 rings (SSSR count). The average molecular weight is 470 g/mol. The van der Waals surface area contributed by atoms with Gasteiger partial charge in [0.1, 0.15) is 5.54 Å². The van der Waals surface area contributed by atoms with Gasteiger partial charge in [-0.25, -0.2) is 4.79 Å². The minimum atomic E-state index is -2.08. The van der Waals surface area contributed by atoms with Gasteiger partial charge in [0.25, 0.3) is 0 Å². The van der Waals surface area contributed by atoms with Crippen LogP contribution in [0, 0.1) is 0 Å². The zero-order valence-corrected chi connectivity index (χ0v) is 20.3. The van der Waals surface area contributed by atoms with Gasteiger partial charge in [-0.1, -0.05) is 55.8 Å². The third-order valence-corrected chi connectivity index (χ3v) is 11.3. The minimum Gasteiger partial charge on any atom is -0.465 e. The van der Waals surface area contributed by atoms with E-state index in [0.29, 0.717) is 19.3 Å². The molecule has 0 saturated carbocycles. The van der Waals surface area contributed by atoms with Crippen LogP contribution in [0.5, 0.6) is 0 Å². The molecule has 28 heavy (non-hydrogen) atoms. The third-order valence-electron chi connectivity index (χ3n) is 6.22. The number of carbonyl (C=O) groups excluding carboxylic acids is 1. The van der Waals surface area contributed by atoms with E-state index in [2.05, 4.69) is 49.8 Å². The Bertz CT molecular complexity index is 729. The number of rotatable bonds is 6. The Labute approximate surface area is 177 Å². The quantitative estimate of drug-likeness (QED) is 0.559. The number of hydrogen-bond donors (Lipinski definition) is 1. The summed E-state index contributed by atoms with van der Waals surface area (Å²) < 4.78 is 7.48. The van der Waals surface area contributed by atoms with Crippen LogP contribution in [0.15, 0.2) is 28.7 Å². The van der Waals surface area contributed by atoms with E-state index in [1.807, 2.05) is 24.3 Å². The summed E-state index contributed by atoms with van der Waals surface area (Å²) in [6, 6.07) is 7.72. The summed E-state index contributed by atoms with van der Waals surface area (Å²) in [6.07, 6.45) is -0.235. The zero-order valence-electron chi connectivity index (χ0n) is 17.7. The van der Waals surface area contributed by atoms with Crippen LogP contribution < -0.4 is 0 Å². The molecule has 1 N–H and O–H groups in total. The number of benzene rings is 1. The lowest BCUT2D eigenvalue weighted by atomic mass is 9.82. The SMILES string of the molecule is CCC(=O)C1(Cc2ccc(Br)cc2)C[C@@H](O[Si](C)(C)C(C)(C)C)CN1C(=O)O. The summed E-state index contributed by atoms with van der Waals surface area (Å²) in [4.78, 5) is 26.5. The monoisotopic (exact) mass is 469 g/mol. The summed E-state index contributed by atoms with van der Waals surface area (Å²) >= 11 is 3.42. The molecule has 7 heteroatoms. The molecule has 1 unspecified atom stereocenters. The highest BCUT2D eigenvalue weighted by atomic mass is 79.9. The first-order valence-corrected chi connectivity index (χ1v) is 13.5. The van der Waals surface area contributed by atoms with E-state index in [9.17, 15) is 14.7 Å². The highest BCUT2D eigenvalue weighted by molar-refractivity contribution is 9.10. The number of carboxylic acid groups (broad SMARTS) is 1. The van der Waals surface area contributed by atoms with Crippen LogP contribution in [0.2, 0.25) is 18.1 Å². The fourth-order valence-electron chi connectivity index (χ4n) is 3.66. The molecule has 0 spiro atoms. The fraction of sp³-hybridized carbons (Fsp3) is 0.619. The predicted molar refractivity (Wildman–Crippen MR) is 117 cm³/mol. The molecule has 1 fully saturated rings. The van der Waals surface area contributed by atoms with E-state index in [1.54, 1.807) is 6.92 Å². The molecule has 0 aromatic heterocycles. The second-order valence-electron chi connectivity index (χ2n) is 9.21. The largest absolute Gasteiger partial charge is 0.465 e. The van der Waals surface area contributed by atoms with Gasteiger partial charge in [-0.15, -0.1) is 0 Å². The van der Waals surface area contributed by atoms with Crippen LogP contribution in [0.1, 0.15) is 46.1 Å². The molecule has 1 amide bonds. The molecule has 0 bridgehead atoms. The summed E-state index contributed by atoms with van der Waals surface area (Å²) in [5, 5.41) is 9.93. The van der Waals surface area contributed by atoms with Crippen LogP contribution in [-0.4, -0.2) is 48.4 Å². The van der Waals surface area contributed by atoms with Gasteiger partial charge in [-0.05, 0) is 35.8 Å². The summed E-state index contributed by atoms with van der Waals surface area (Å²) in [7, 11) is -2.08. The molecule has 1 aliphatic rings. The van der Waals surface area contributed by atoms with Crippen molar-refractivity contribution in [3.63, 3.8) is 0 Å². The molecule has 156 valence electrons. The topological polar surface area (TPSA) is 66.8 Å². The molecule has 1 aromatic carbocycles. The van der Waals surface area contributed by atoms with Gasteiger partial charge in [-0.2, -0.15) is 0 Å². The van der Waals surface area contributed by atoms with Gasteiger partial charge in [-0.3, -0.25) is 9.69 Å². The van der Waals surface area contributed by atoms with E-state index in [0.717, 1.165) is 10.0 Å². The maximum Gasteiger partial charge on any atom is 0.408 e. The van der Waals surface area contributed by atoms with Crippen LogP contribution in [0.4, 0.5) is 4.79 Å². The van der Waals surface area contributed by atoms with Gasteiger partial charge < -0.3 is 9.53 Å². The molecule has 2 atom stereocenters. The number of amides is 1. The number of ketones is 1. The molecule has 0 radical (unpaired) electrons. The fourth-order valence-corrected chi connectivity index (χ4v) is 5.27. The summed E-state index contributed by atoms with van der Waals surface area (Å²) in [6.45, 7) is 12.8. The number of likely N-dealkylation sites (tertiary alicyclic amines) is 1. The second kappa shape index (κ2) is 8.28. The smallest absolute Gasteiger partial charge is 0.408 e. The molecule has 5 nitrogen and oxygen atoms in total. The van der Waals surface area contributed by atoms with Crippen molar-refractivity contribution in [2.45, 2.75) is 76.7 Å². The predicted octanol–water partition coefficient (Wildman–Crippen LogP) is 5.48. The number of carbonyl (C=O) groups is 2. The van der Waals surface area contributed by atoms with E-state index < -0.39 is 19.9 Å². The zero-order chi connectivity index (χ0) is 21.3. The van der Waals surface area contributed by atoms with E-state index in [-0.39, 0.29) is 23.5 Å². The van der Waals surface area contributed by atoms with Crippen molar-refractivity contribution in [2.75, 3.05) is 6.54 Å². The second-order valence-corrected chi connectivity index (χ2v) is 14.9. The van der Waals surface area contributed by atoms with Crippen molar-refractivity contribution < 1.29 is 19.1 Å². The Hall–Kier alpha value is -1.18. The molecular weight excluding hydrogens is 438 g/mol. The molecule has 1 aromatic rings. The highest BCUT2D eigenvalue weighted by Gasteiger charge is 2.54. The Kier molecular flexibility index (Phi) is 6.83. The Morgan fingerprint density at radius 1 is 1.29 bits per heavy atom. The summed E-state index contributed by atoms with van der Waals surface area (Å²) in [5.41, 5.74) is -0.120. The molecule has 1 aliphatic heterocycles. The molecule has 0 aliphatic carbocycles. The van der Waals surface area contributed by atoms with Crippen molar-refractivity contribution >= 4 is 36.1 Å². The first kappa shape index (κ1) is 23.1. The lowest BCUT2D eigenvalue weighted by Crippen LogP contribution is -2.54. The minimum absolute atomic E-state index is 0.0206. The average Bonchev–Trinajstić information content (AvgIpc) is 2.94. The number of hydrogen-bond acceptors (Lipinski definition) is 3. The number of Topliss-reactive ketones (excluding diaryl/α,β-unsaturated/α-hetero) is 1. The first-order chi connectivity index (χ1) is 12.8. The van der Waals surface area contributed by atoms with Gasteiger partial charge in [0.2, 0.25) is 0 Å². The first-order valence-electron chi connectivity index (χ1n) is 9.78. The Morgan fingerprint density at radius 3 is 2.32 bits per heavy atom. The van der Waals surface area contributed by atoms with Gasteiger partial charge in [0.15, 0.2) is 14.1 Å². The van der Waals surface area contributed by atoms with Gasteiger partial charge in [0.05, 0.1) is 12.6 Å². The van der Waals surface area contributed by atoms with Crippen molar-refractivity contribution in [3.05, 3.63) is 34.3 Å². The van der Waals surface area contributed by atoms with Crippen LogP contribution in [0.3, 0.4) is 0 Å². The number of halogens is 1. The maximum atomic E-state index is 13.1. The maximum absolute atomic E-state index is 13.1. The Balaban J connectivity index is 2.39. The van der Waals surface area contributed by atoms with Crippen LogP contribution >= 0.6 is 15.9 Å². The molecule has 1 saturated heterocycles.